The Balaban J connectivity index is 1.54. The van der Waals surface area contributed by atoms with Crippen molar-refractivity contribution in [2.45, 2.75) is 4.90 Å². The maximum atomic E-state index is 12.5. The van der Waals surface area contributed by atoms with Gasteiger partial charge in [-0.2, -0.15) is 8.42 Å². The zero-order chi connectivity index (χ0) is 18.9. The Labute approximate surface area is 154 Å². The predicted molar refractivity (Wildman–Crippen MR) is 99.7 cm³/mol. The summed E-state index contributed by atoms with van der Waals surface area (Å²) in [4.78, 5) is 16.3. The molecule has 0 fully saturated rings. The zero-order valence-electron chi connectivity index (χ0n) is 13.9. The summed E-state index contributed by atoms with van der Waals surface area (Å²) in [6, 6.07) is 19.7. The van der Waals surface area contributed by atoms with Crippen LogP contribution in [0.25, 0.3) is 11.0 Å². The summed E-state index contributed by atoms with van der Waals surface area (Å²) in [5.41, 5.74) is 0.493. The summed E-state index contributed by atoms with van der Waals surface area (Å²) < 4.78 is 35.8. The molecule has 27 heavy (non-hydrogen) atoms. The first kappa shape index (κ1) is 16.9. The quantitative estimate of drug-likeness (QED) is 0.515. The number of imidazole rings is 1. The Morgan fingerprint density at radius 3 is 2.07 bits per heavy atom. The number of aromatic nitrogens is 2. The third-order valence-electron chi connectivity index (χ3n) is 3.78. The Morgan fingerprint density at radius 1 is 0.704 bits per heavy atom. The van der Waals surface area contributed by atoms with Gasteiger partial charge in [0.15, 0.2) is 0 Å². The van der Waals surface area contributed by atoms with Crippen LogP contribution in [0.15, 0.2) is 82.5 Å². The van der Waals surface area contributed by atoms with Crippen LogP contribution in [-0.4, -0.2) is 18.4 Å². The smallest absolute Gasteiger partial charge is 0.339 e. The number of ether oxygens (including phenoxy) is 1. The summed E-state index contributed by atoms with van der Waals surface area (Å²) in [7, 11) is -4.04. The molecule has 0 aliphatic carbocycles. The molecule has 0 aliphatic rings. The monoisotopic (exact) mass is 382 g/mol. The predicted octanol–water partition coefficient (Wildman–Crippen LogP) is 3.42. The number of nitrogens with one attached hydrogen (secondary N) is 2. The molecule has 136 valence electrons. The van der Waals surface area contributed by atoms with Crippen molar-refractivity contribution in [3.63, 3.8) is 0 Å². The number of fused-ring (bicyclic) bond motifs is 1. The van der Waals surface area contributed by atoms with E-state index in [0.717, 1.165) is 0 Å². The van der Waals surface area contributed by atoms with Crippen LogP contribution in [-0.2, 0) is 10.1 Å². The molecule has 7 nitrogen and oxygen atoms in total. The minimum Gasteiger partial charge on any atom is -0.457 e. The Hall–Kier alpha value is -3.52. The highest BCUT2D eigenvalue weighted by Gasteiger charge is 2.18. The second-order valence-electron chi connectivity index (χ2n) is 5.71. The van der Waals surface area contributed by atoms with Crippen molar-refractivity contribution in [2.24, 2.45) is 0 Å². The zero-order valence-corrected chi connectivity index (χ0v) is 14.7. The molecule has 0 amide bonds. The lowest BCUT2D eigenvalue weighted by Gasteiger charge is -2.09. The summed E-state index contributed by atoms with van der Waals surface area (Å²) >= 11 is 0. The molecular weight excluding hydrogens is 368 g/mol. The van der Waals surface area contributed by atoms with Gasteiger partial charge in [-0.05, 0) is 54.6 Å². The summed E-state index contributed by atoms with van der Waals surface area (Å²) in [6.45, 7) is 0. The van der Waals surface area contributed by atoms with Crippen LogP contribution in [0.2, 0.25) is 0 Å². The van der Waals surface area contributed by atoms with Gasteiger partial charge >= 0.3 is 15.8 Å². The molecule has 4 rings (SSSR count). The standard InChI is InChI=1S/C19H14N2O5S/c22-19-20-17-11-10-16(12-18(17)21-19)27(23,24)26-15-8-6-14(7-9-15)25-13-4-2-1-3-5-13/h1-12H,(H2,20,21,22). The van der Waals surface area contributed by atoms with Crippen LogP contribution in [0.1, 0.15) is 0 Å². The summed E-state index contributed by atoms with van der Waals surface area (Å²) in [5.74, 6) is 1.38. The number of aromatic amines is 2. The van der Waals surface area contributed by atoms with E-state index in [1.165, 1.54) is 30.3 Å². The largest absolute Gasteiger partial charge is 0.457 e. The fourth-order valence-corrected chi connectivity index (χ4v) is 3.49. The molecule has 1 aromatic heterocycles. The van der Waals surface area contributed by atoms with E-state index in [0.29, 0.717) is 22.5 Å². The molecule has 0 saturated carbocycles. The van der Waals surface area contributed by atoms with Crippen molar-refractivity contribution in [1.82, 2.24) is 9.97 Å². The maximum Gasteiger partial charge on any atom is 0.339 e. The van der Waals surface area contributed by atoms with Crippen molar-refractivity contribution in [1.29, 1.82) is 0 Å². The van der Waals surface area contributed by atoms with E-state index in [1.54, 1.807) is 12.1 Å². The number of H-pyrrole nitrogens is 2. The molecule has 4 aromatic rings. The lowest BCUT2D eigenvalue weighted by Crippen LogP contribution is -2.09. The SMILES string of the molecule is O=c1[nH]c2ccc(S(=O)(=O)Oc3ccc(Oc4ccccc4)cc3)cc2[nH]1. The van der Waals surface area contributed by atoms with Crippen molar-refractivity contribution < 1.29 is 17.3 Å². The van der Waals surface area contributed by atoms with Crippen molar-refractivity contribution in [3.05, 3.63) is 83.3 Å². The summed E-state index contributed by atoms with van der Waals surface area (Å²) in [6.07, 6.45) is 0. The molecule has 0 unspecified atom stereocenters. The van der Waals surface area contributed by atoms with E-state index in [2.05, 4.69) is 9.97 Å². The number of para-hydroxylation sites is 1. The van der Waals surface area contributed by atoms with E-state index in [4.69, 9.17) is 8.92 Å². The van der Waals surface area contributed by atoms with Gasteiger partial charge in [0.25, 0.3) is 0 Å². The topological polar surface area (TPSA) is 101 Å². The second kappa shape index (κ2) is 6.65. The van der Waals surface area contributed by atoms with E-state index in [-0.39, 0.29) is 10.6 Å². The van der Waals surface area contributed by atoms with Gasteiger partial charge in [0, 0.05) is 0 Å². The van der Waals surface area contributed by atoms with Crippen LogP contribution in [0.5, 0.6) is 17.2 Å². The highest BCUT2D eigenvalue weighted by Crippen LogP contribution is 2.26. The van der Waals surface area contributed by atoms with E-state index < -0.39 is 15.8 Å². The Kier molecular flexibility index (Phi) is 4.17. The minimum absolute atomic E-state index is 0.0603. The molecule has 2 N–H and O–H groups in total. The second-order valence-corrected chi connectivity index (χ2v) is 7.26. The van der Waals surface area contributed by atoms with Crippen LogP contribution in [0.4, 0.5) is 0 Å². The Bertz CT molecular complexity index is 1240. The molecule has 0 spiro atoms. The number of benzene rings is 3. The molecule has 1 heterocycles. The molecule has 0 radical (unpaired) electrons. The highest BCUT2D eigenvalue weighted by molar-refractivity contribution is 7.87. The average molecular weight is 382 g/mol. The van der Waals surface area contributed by atoms with Gasteiger partial charge in [-0.1, -0.05) is 18.2 Å². The first-order chi connectivity index (χ1) is 13.0. The third kappa shape index (κ3) is 3.70. The van der Waals surface area contributed by atoms with Gasteiger partial charge in [-0.3, -0.25) is 0 Å². The molecule has 3 aromatic carbocycles. The van der Waals surface area contributed by atoms with E-state index in [1.807, 2.05) is 30.3 Å². The lowest BCUT2D eigenvalue weighted by atomic mass is 10.3. The molecule has 0 saturated heterocycles. The van der Waals surface area contributed by atoms with Gasteiger partial charge in [-0.15, -0.1) is 0 Å². The Morgan fingerprint density at radius 2 is 1.33 bits per heavy atom. The van der Waals surface area contributed by atoms with Gasteiger partial charge < -0.3 is 18.9 Å². The minimum atomic E-state index is -4.04. The van der Waals surface area contributed by atoms with Crippen molar-refractivity contribution in [3.8, 4) is 17.2 Å². The first-order valence-electron chi connectivity index (χ1n) is 7.99. The number of rotatable bonds is 5. The average Bonchev–Trinajstić information content (AvgIpc) is 3.03. The fourth-order valence-electron chi connectivity index (χ4n) is 2.53. The van der Waals surface area contributed by atoms with Crippen molar-refractivity contribution in [2.75, 3.05) is 0 Å². The van der Waals surface area contributed by atoms with Gasteiger partial charge in [0.1, 0.15) is 22.1 Å². The normalized spacial score (nSPS) is 11.4. The van der Waals surface area contributed by atoms with E-state index in [9.17, 15) is 13.2 Å². The van der Waals surface area contributed by atoms with Crippen molar-refractivity contribution >= 4 is 21.2 Å². The molecule has 0 aliphatic heterocycles. The molecule has 0 bridgehead atoms. The highest BCUT2D eigenvalue weighted by atomic mass is 32.2. The van der Waals surface area contributed by atoms with Gasteiger partial charge in [0.05, 0.1) is 11.0 Å². The van der Waals surface area contributed by atoms with Crippen LogP contribution >= 0.6 is 0 Å². The summed E-state index contributed by atoms with van der Waals surface area (Å²) in [5, 5.41) is 0. The molecule has 8 heteroatoms. The molecular formula is C19H14N2O5S. The van der Waals surface area contributed by atoms with E-state index >= 15 is 0 Å². The van der Waals surface area contributed by atoms with Gasteiger partial charge in [0.2, 0.25) is 0 Å². The lowest BCUT2D eigenvalue weighted by molar-refractivity contribution is 0.474. The van der Waals surface area contributed by atoms with Crippen LogP contribution in [0.3, 0.4) is 0 Å². The molecule has 0 atom stereocenters. The fraction of sp³-hybridized carbons (Fsp3) is 0. The first-order valence-corrected chi connectivity index (χ1v) is 9.40. The third-order valence-corrected chi connectivity index (χ3v) is 5.03. The number of hydrogen-bond acceptors (Lipinski definition) is 5. The number of hydrogen-bond donors (Lipinski definition) is 2. The van der Waals surface area contributed by atoms with Crippen LogP contribution < -0.4 is 14.6 Å². The van der Waals surface area contributed by atoms with Crippen LogP contribution in [0, 0.1) is 0 Å². The van der Waals surface area contributed by atoms with Gasteiger partial charge in [-0.25, -0.2) is 4.79 Å². The maximum absolute atomic E-state index is 12.5.